The van der Waals surface area contributed by atoms with Crippen molar-refractivity contribution in [2.24, 2.45) is 0 Å². The minimum absolute atomic E-state index is 1.28. The van der Waals surface area contributed by atoms with Gasteiger partial charge < -0.3 is 0 Å². The molecule has 0 fully saturated rings. The molecular weight excluding hydrogens is 272 g/mol. The van der Waals surface area contributed by atoms with Gasteiger partial charge in [-0.15, -0.1) is 0 Å². The smallest absolute Gasteiger partial charge is 0.0656 e. The molecule has 2 aromatic rings. The summed E-state index contributed by atoms with van der Waals surface area (Å²) in [6, 6.07) is 17.9. The first-order valence-electron chi connectivity index (χ1n) is 7.40. The van der Waals surface area contributed by atoms with Crippen LogP contribution >= 0.6 is 0 Å². The predicted octanol–water partition coefficient (Wildman–Crippen LogP) is 4.44. The molecule has 0 aliphatic carbocycles. The highest BCUT2D eigenvalue weighted by Gasteiger charge is 2.27. The zero-order chi connectivity index (χ0) is 15.0. The van der Waals surface area contributed by atoms with Gasteiger partial charge >= 0.3 is 0 Å². The van der Waals surface area contributed by atoms with Crippen molar-refractivity contribution >= 4 is 26.5 Å². The fourth-order valence-electron chi connectivity index (χ4n) is 2.63. The molecule has 0 aromatic heterocycles. The molecule has 0 unspecified atom stereocenters. The number of hydrogen-bond acceptors (Lipinski definition) is 0. The Morgan fingerprint density at radius 2 is 1.10 bits per heavy atom. The molecule has 2 aromatic carbocycles. The second-order valence-corrected chi connectivity index (χ2v) is 17.7. The molecule has 20 heavy (non-hydrogen) atoms. The summed E-state index contributed by atoms with van der Waals surface area (Å²) in [6.45, 7) is 14.7. The Morgan fingerprint density at radius 3 is 1.60 bits per heavy atom. The maximum atomic E-state index is 2.47. The lowest BCUT2D eigenvalue weighted by atomic mass is 10.1. The first-order valence-corrected chi connectivity index (χ1v) is 14.4. The molecule has 0 aliphatic heterocycles. The molecule has 0 spiro atoms. The van der Waals surface area contributed by atoms with Crippen LogP contribution in [0.4, 0.5) is 0 Å². The summed E-state index contributed by atoms with van der Waals surface area (Å²) in [5, 5.41) is 3.30. The molecule has 0 radical (unpaired) electrons. The normalized spacial score (nSPS) is 12.5. The molecule has 0 heterocycles. The van der Waals surface area contributed by atoms with Crippen LogP contribution in [0.5, 0.6) is 0 Å². The molecular formula is C18H26Si2. The van der Waals surface area contributed by atoms with E-state index in [0.29, 0.717) is 0 Å². The third-order valence-electron chi connectivity index (χ3n) is 3.74. The van der Waals surface area contributed by atoms with Gasteiger partial charge in [-0.05, 0) is 11.1 Å². The summed E-state index contributed by atoms with van der Waals surface area (Å²) in [7, 11) is -2.59. The predicted molar refractivity (Wildman–Crippen MR) is 97.8 cm³/mol. The van der Waals surface area contributed by atoms with Gasteiger partial charge in [-0.2, -0.15) is 0 Å². The lowest BCUT2D eigenvalue weighted by Gasteiger charge is -2.28. The lowest BCUT2D eigenvalue weighted by Crippen LogP contribution is -2.56. The van der Waals surface area contributed by atoms with Crippen molar-refractivity contribution < 1.29 is 0 Å². The molecule has 106 valence electrons. The van der Waals surface area contributed by atoms with Crippen LogP contribution in [0.25, 0.3) is 11.1 Å². The van der Waals surface area contributed by atoms with Crippen LogP contribution in [0.2, 0.25) is 39.3 Å². The highest BCUT2D eigenvalue weighted by atomic mass is 28.3. The van der Waals surface area contributed by atoms with Crippen LogP contribution < -0.4 is 10.4 Å². The average molecular weight is 299 g/mol. The fraction of sp³-hybridized carbons (Fsp3) is 0.333. The topological polar surface area (TPSA) is 0 Å². The van der Waals surface area contributed by atoms with Gasteiger partial charge in [-0.1, -0.05) is 98.2 Å². The van der Waals surface area contributed by atoms with Crippen molar-refractivity contribution in [1.82, 2.24) is 0 Å². The second-order valence-electron chi connectivity index (χ2n) is 7.63. The Kier molecular flexibility index (Phi) is 4.08. The molecule has 0 nitrogen and oxygen atoms in total. The van der Waals surface area contributed by atoms with Crippen LogP contribution in [0.3, 0.4) is 0 Å². The first-order chi connectivity index (χ1) is 9.19. The third kappa shape index (κ3) is 3.30. The first kappa shape index (κ1) is 15.3. The van der Waals surface area contributed by atoms with Gasteiger partial charge in [0.05, 0.1) is 16.1 Å². The number of benzene rings is 2. The molecule has 2 heteroatoms. The van der Waals surface area contributed by atoms with Crippen molar-refractivity contribution in [1.29, 1.82) is 0 Å². The SMILES string of the molecule is C[Si](C)(C)c1ccc(-c2ccccc2)cc1[Si](C)(C)C. The van der Waals surface area contributed by atoms with E-state index < -0.39 is 16.1 Å². The third-order valence-corrected chi connectivity index (χ3v) is 8.07. The van der Waals surface area contributed by atoms with E-state index in [4.69, 9.17) is 0 Å². The minimum atomic E-state index is -1.32. The summed E-state index contributed by atoms with van der Waals surface area (Å²) in [5.74, 6) is 0. The van der Waals surface area contributed by atoms with Crippen molar-refractivity contribution in [2.45, 2.75) is 39.3 Å². The second kappa shape index (κ2) is 5.34. The van der Waals surface area contributed by atoms with Gasteiger partial charge in [-0.3, -0.25) is 0 Å². The molecule has 2 rings (SSSR count). The maximum Gasteiger partial charge on any atom is 0.0774 e. The van der Waals surface area contributed by atoms with Gasteiger partial charge in [0, 0.05) is 0 Å². The summed E-state index contributed by atoms with van der Waals surface area (Å²) < 4.78 is 0. The Labute approximate surface area is 125 Å². The van der Waals surface area contributed by atoms with Crippen LogP contribution in [0.1, 0.15) is 0 Å². The van der Waals surface area contributed by atoms with Crippen molar-refractivity contribution in [3.8, 4) is 11.1 Å². The monoisotopic (exact) mass is 298 g/mol. The molecule has 0 N–H and O–H groups in total. The Hall–Kier alpha value is -1.13. The maximum absolute atomic E-state index is 2.47. The van der Waals surface area contributed by atoms with E-state index in [9.17, 15) is 0 Å². The quantitative estimate of drug-likeness (QED) is 0.735. The van der Waals surface area contributed by atoms with E-state index in [1.54, 1.807) is 10.4 Å². The van der Waals surface area contributed by atoms with E-state index in [1.165, 1.54) is 11.1 Å². The van der Waals surface area contributed by atoms with Gasteiger partial charge in [0.25, 0.3) is 0 Å². The van der Waals surface area contributed by atoms with Gasteiger partial charge in [0.15, 0.2) is 0 Å². The van der Waals surface area contributed by atoms with E-state index in [-0.39, 0.29) is 0 Å². The van der Waals surface area contributed by atoms with E-state index in [0.717, 1.165) is 0 Å². The highest BCUT2D eigenvalue weighted by Crippen LogP contribution is 2.19. The van der Waals surface area contributed by atoms with Crippen LogP contribution in [0, 0.1) is 0 Å². The molecule has 0 bridgehead atoms. The zero-order valence-electron chi connectivity index (χ0n) is 13.6. The Balaban J connectivity index is 2.62. The fourth-order valence-corrected chi connectivity index (χ4v) is 7.82. The van der Waals surface area contributed by atoms with Crippen molar-refractivity contribution in [2.75, 3.05) is 0 Å². The van der Waals surface area contributed by atoms with Crippen molar-refractivity contribution in [3.63, 3.8) is 0 Å². The lowest BCUT2D eigenvalue weighted by molar-refractivity contribution is 1.61. The standard InChI is InChI=1S/C18H26Si2/c1-19(2,3)17-13-12-16(14-18(17)20(4,5)6)15-10-8-7-9-11-15/h7-14H,1-6H3. The molecule has 0 amide bonds. The Morgan fingerprint density at radius 1 is 0.550 bits per heavy atom. The summed E-state index contributed by atoms with van der Waals surface area (Å²) in [5.41, 5.74) is 2.69. The highest BCUT2D eigenvalue weighted by molar-refractivity contribution is 6.98. The van der Waals surface area contributed by atoms with E-state index in [1.807, 2.05) is 0 Å². The van der Waals surface area contributed by atoms with E-state index >= 15 is 0 Å². The summed E-state index contributed by atoms with van der Waals surface area (Å²) >= 11 is 0. The summed E-state index contributed by atoms with van der Waals surface area (Å²) in [6.07, 6.45) is 0. The van der Waals surface area contributed by atoms with Gasteiger partial charge in [0.2, 0.25) is 0 Å². The minimum Gasteiger partial charge on any atom is -0.0656 e. The largest absolute Gasteiger partial charge is 0.0774 e. The van der Waals surface area contributed by atoms with Crippen LogP contribution in [-0.4, -0.2) is 16.1 Å². The Bertz CT molecular complexity index is 587. The summed E-state index contributed by atoms with van der Waals surface area (Å²) in [4.78, 5) is 0. The zero-order valence-corrected chi connectivity index (χ0v) is 15.6. The van der Waals surface area contributed by atoms with Crippen LogP contribution in [0.15, 0.2) is 48.5 Å². The van der Waals surface area contributed by atoms with Crippen molar-refractivity contribution in [3.05, 3.63) is 48.5 Å². The number of rotatable bonds is 3. The van der Waals surface area contributed by atoms with Gasteiger partial charge in [0.1, 0.15) is 0 Å². The van der Waals surface area contributed by atoms with E-state index in [2.05, 4.69) is 87.8 Å². The molecule has 0 aliphatic rings. The molecule has 0 atom stereocenters. The molecule has 0 saturated heterocycles. The molecule has 0 saturated carbocycles. The van der Waals surface area contributed by atoms with Crippen LogP contribution in [-0.2, 0) is 0 Å². The van der Waals surface area contributed by atoms with Gasteiger partial charge in [-0.25, -0.2) is 0 Å². The average Bonchev–Trinajstić information content (AvgIpc) is 2.37. The number of hydrogen-bond donors (Lipinski definition) is 0.